The molecule has 0 spiro atoms. The van der Waals surface area contributed by atoms with Gasteiger partial charge in [0, 0.05) is 11.0 Å². The molecule has 24 heavy (non-hydrogen) atoms. The average molecular weight is 336 g/mol. The summed E-state index contributed by atoms with van der Waals surface area (Å²) < 4.78 is 16.1. The molecule has 1 aliphatic heterocycles. The van der Waals surface area contributed by atoms with E-state index < -0.39 is 0 Å². The van der Waals surface area contributed by atoms with Gasteiger partial charge in [-0.15, -0.1) is 0 Å². The first-order chi connectivity index (χ1) is 11.2. The lowest BCUT2D eigenvalue weighted by atomic mass is 9.64. The van der Waals surface area contributed by atoms with E-state index in [1.54, 1.807) is 14.2 Å². The number of quaternary nitrogens is 1. The molecule has 1 aromatic rings. The summed E-state index contributed by atoms with van der Waals surface area (Å²) in [4.78, 5) is 12.1. The van der Waals surface area contributed by atoms with Crippen molar-refractivity contribution in [2.75, 3.05) is 20.8 Å². The highest BCUT2D eigenvalue weighted by molar-refractivity contribution is 5.70. The van der Waals surface area contributed by atoms with Crippen LogP contribution < -0.4 is 14.8 Å². The number of fused-ring (bicyclic) bond motifs is 1. The number of rotatable bonds is 5. The lowest BCUT2D eigenvalue weighted by Gasteiger charge is -2.47. The van der Waals surface area contributed by atoms with E-state index in [1.807, 2.05) is 13.0 Å². The number of carbonyl (C=O) groups excluding carboxylic acids is 1. The highest BCUT2D eigenvalue weighted by Crippen LogP contribution is 2.45. The molecule has 1 heterocycles. The lowest BCUT2D eigenvalue weighted by Crippen LogP contribution is -3.01. The molecule has 0 aromatic heterocycles. The third kappa shape index (κ3) is 3.09. The van der Waals surface area contributed by atoms with Gasteiger partial charge in [0.15, 0.2) is 11.5 Å². The van der Waals surface area contributed by atoms with Crippen molar-refractivity contribution in [1.29, 1.82) is 0 Å². The summed E-state index contributed by atoms with van der Waals surface area (Å²) in [6.07, 6.45) is 0.343. The van der Waals surface area contributed by atoms with E-state index in [1.165, 1.54) is 5.56 Å². The van der Waals surface area contributed by atoms with Crippen molar-refractivity contribution < 1.29 is 24.3 Å². The average Bonchev–Trinajstić information content (AvgIpc) is 2.51. The molecular weight excluding hydrogens is 306 g/mol. The summed E-state index contributed by atoms with van der Waals surface area (Å²) in [5.41, 5.74) is 2.15. The number of hydrogen-bond acceptors (Lipinski definition) is 4. The summed E-state index contributed by atoms with van der Waals surface area (Å²) in [7, 11) is 3.28. The Hall–Kier alpha value is -1.75. The topological polar surface area (TPSA) is 61.4 Å². The highest BCUT2D eigenvalue weighted by Gasteiger charge is 2.50. The Kier molecular flexibility index (Phi) is 5.14. The van der Waals surface area contributed by atoms with Gasteiger partial charge in [0.1, 0.15) is 18.0 Å². The Balaban J connectivity index is 2.57. The maximum atomic E-state index is 12.1. The van der Waals surface area contributed by atoms with Gasteiger partial charge in [-0.2, -0.15) is 0 Å². The summed E-state index contributed by atoms with van der Waals surface area (Å²) in [5.74, 6) is 1.24. The molecule has 1 atom stereocenters. The number of benzene rings is 1. The number of hydrogen-bond donors (Lipinski definition) is 1. The fraction of sp³-hybridized carbons (Fsp3) is 0.632. The van der Waals surface area contributed by atoms with Gasteiger partial charge in [0.2, 0.25) is 0 Å². The van der Waals surface area contributed by atoms with E-state index in [2.05, 4.69) is 39.1 Å². The standard InChI is InChI=1S/C19H29NO4/c1-8-24-17(21)11-14-12-9-15(22-6)16(23-7)10-13(12)18(2,3)19(4,5)20-14/h9-10,14,20H,8,11H2,1-7H3/p+1/t14-/m1/s1. The van der Waals surface area contributed by atoms with Crippen LogP contribution >= 0.6 is 0 Å². The Bertz CT molecular complexity index is 622. The molecule has 2 rings (SSSR count). The molecule has 0 saturated heterocycles. The number of methoxy groups -OCH3 is 2. The molecule has 134 valence electrons. The van der Waals surface area contributed by atoms with Gasteiger partial charge in [0.25, 0.3) is 0 Å². The normalized spacial score (nSPS) is 20.9. The lowest BCUT2D eigenvalue weighted by molar-refractivity contribution is -0.768. The summed E-state index contributed by atoms with van der Waals surface area (Å²) in [6, 6.07) is 4.06. The third-order valence-electron chi connectivity index (χ3n) is 5.55. The van der Waals surface area contributed by atoms with E-state index in [0.717, 1.165) is 11.3 Å². The molecule has 0 unspecified atom stereocenters. The van der Waals surface area contributed by atoms with E-state index in [-0.39, 0.29) is 23.0 Å². The molecule has 0 bridgehead atoms. The maximum Gasteiger partial charge on any atom is 0.312 e. The minimum atomic E-state index is -0.171. The maximum absolute atomic E-state index is 12.1. The summed E-state index contributed by atoms with van der Waals surface area (Å²) >= 11 is 0. The number of esters is 1. The third-order valence-corrected chi connectivity index (χ3v) is 5.55. The van der Waals surface area contributed by atoms with Crippen molar-refractivity contribution >= 4 is 5.97 Å². The molecule has 0 saturated carbocycles. The molecule has 0 radical (unpaired) electrons. The van der Waals surface area contributed by atoms with Crippen molar-refractivity contribution in [3.05, 3.63) is 23.3 Å². The van der Waals surface area contributed by atoms with Crippen LogP contribution in [0.2, 0.25) is 0 Å². The molecule has 0 amide bonds. The molecule has 0 aliphatic carbocycles. The number of ether oxygens (including phenoxy) is 3. The van der Waals surface area contributed by atoms with Crippen LogP contribution in [0.3, 0.4) is 0 Å². The largest absolute Gasteiger partial charge is 0.493 e. The van der Waals surface area contributed by atoms with Gasteiger partial charge >= 0.3 is 5.97 Å². The Morgan fingerprint density at radius 2 is 1.71 bits per heavy atom. The molecular formula is C19H30NO4+. The Labute approximate surface area is 144 Å². The monoisotopic (exact) mass is 336 g/mol. The minimum absolute atomic E-state index is 0.00174. The molecule has 0 fully saturated rings. The van der Waals surface area contributed by atoms with E-state index >= 15 is 0 Å². The van der Waals surface area contributed by atoms with Crippen LogP contribution in [0.4, 0.5) is 0 Å². The first-order valence-electron chi connectivity index (χ1n) is 8.46. The smallest absolute Gasteiger partial charge is 0.312 e. The SMILES string of the molecule is CCOC(=O)C[C@H]1[NH2+]C(C)(C)C(C)(C)c2cc(OC)c(OC)cc21. The number of nitrogens with two attached hydrogens (primary N) is 1. The second-order valence-electron chi connectivity index (χ2n) is 7.42. The van der Waals surface area contributed by atoms with Crippen LogP contribution in [0, 0.1) is 0 Å². The molecule has 2 N–H and O–H groups in total. The first kappa shape index (κ1) is 18.6. The highest BCUT2D eigenvalue weighted by atomic mass is 16.5. The fourth-order valence-electron chi connectivity index (χ4n) is 3.46. The predicted octanol–water partition coefficient (Wildman–Crippen LogP) is 2.33. The van der Waals surface area contributed by atoms with Gasteiger partial charge in [-0.25, -0.2) is 0 Å². The van der Waals surface area contributed by atoms with Gasteiger partial charge in [-0.05, 0) is 52.3 Å². The van der Waals surface area contributed by atoms with Crippen LogP contribution in [0.5, 0.6) is 11.5 Å². The molecule has 5 heteroatoms. The van der Waals surface area contributed by atoms with Gasteiger partial charge in [-0.1, -0.05) is 0 Å². The van der Waals surface area contributed by atoms with Crippen LogP contribution in [-0.2, 0) is 14.9 Å². The number of carbonyl (C=O) groups is 1. The van der Waals surface area contributed by atoms with Crippen LogP contribution in [0.1, 0.15) is 58.2 Å². The summed E-state index contributed by atoms with van der Waals surface area (Å²) in [5, 5.41) is 2.28. The van der Waals surface area contributed by atoms with E-state index in [9.17, 15) is 4.79 Å². The van der Waals surface area contributed by atoms with Crippen molar-refractivity contribution in [1.82, 2.24) is 0 Å². The summed E-state index contributed by atoms with van der Waals surface area (Å²) in [6.45, 7) is 11.1. The van der Waals surface area contributed by atoms with Crippen LogP contribution in [0.25, 0.3) is 0 Å². The van der Waals surface area contributed by atoms with Gasteiger partial charge in [-0.3, -0.25) is 4.79 Å². The van der Waals surface area contributed by atoms with Crippen molar-refractivity contribution in [2.45, 2.75) is 58.0 Å². The van der Waals surface area contributed by atoms with Crippen molar-refractivity contribution in [2.24, 2.45) is 0 Å². The van der Waals surface area contributed by atoms with E-state index in [4.69, 9.17) is 14.2 Å². The second-order valence-corrected chi connectivity index (χ2v) is 7.42. The predicted molar refractivity (Wildman–Crippen MR) is 92.6 cm³/mol. The van der Waals surface area contributed by atoms with E-state index in [0.29, 0.717) is 18.8 Å². The van der Waals surface area contributed by atoms with Crippen LogP contribution in [-0.4, -0.2) is 32.3 Å². The quantitative estimate of drug-likeness (QED) is 0.839. The Morgan fingerprint density at radius 3 is 2.25 bits per heavy atom. The van der Waals surface area contributed by atoms with Crippen LogP contribution in [0.15, 0.2) is 12.1 Å². The zero-order chi connectivity index (χ0) is 18.1. The molecule has 1 aliphatic rings. The van der Waals surface area contributed by atoms with Crippen molar-refractivity contribution in [3.63, 3.8) is 0 Å². The van der Waals surface area contributed by atoms with Gasteiger partial charge in [0.05, 0.1) is 20.8 Å². The zero-order valence-corrected chi connectivity index (χ0v) is 15.9. The van der Waals surface area contributed by atoms with Crippen molar-refractivity contribution in [3.8, 4) is 11.5 Å². The minimum Gasteiger partial charge on any atom is -0.493 e. The first-order valence-corrected chi connectivity index (χ1v) is 8.46. The second kappa shape index (κ2) is 6.63. The fourth-order valence-corrected chi connectivity index (χ4v) is 3.46. The molecule has 5 nitrogen and oxygen atoms in total. The Morgan fingerprint density at radius 1 is 1.12 bits per heavy atom. The zero-order valence-electron chi connectivity index (χ0n) is 15.9. The molecule has 1 aromatic carbocycles. The van der Waals surface area contributed by atoms with Gasteiger partial charge < -0.3 is 19.5 Å².